The van der Waals surface area contributed by atoms with E-state index in [4.69, 9.17) is 10.8 Å². The number of aliphatic hydroxyl groups is 1. The zero-order valence-corrected chi connectivity index (χ0v) is 8.00. The predicted molar refractivity (Wildman–Crippen MR) is 55.0 cm³/mol. The van der Waals surface area contributed by atoms with Gasteiger partial charge in [-0.25, -0.2) is 5.43 Å². The number of nitrogens with zero attached hydrogens (tertiary/aromatic N) is 2. The Bertz CT molecular complexity index is 339. The summed E-state index contributed by atoms with van der Waals surface area (Å²) in [5.41, 5.74) is 8.05. The van der Waals surface area contributed by atoms with Gasteiger partial charge in [-0.2, -0.15) is 5.10 Å². The van der Waals surface area contributed by atoms with Crippen LogP contribution >= 0.6 is 0 Å². The lowest BCUT2D eigenvalue weighted by Crippen LogP contribution is -2.40. The molecule has 0 radical (unpaired) electrons. The molecule has 15 heavy (non-hydrogen) atoms. The molecule has 1 unspecified atom stereocenters. The summed E-state index contributed by atoms with van der Waals surface area (Å²) in [5.74, 6) is -0.537. The fourth-order valence-corrected chi connectivity index (χ4v) is 0.780. The predicted octanol–water partition coefficient (Wildman–Crippen LogP) is -1.15. The van der Waals surface area contributed by atoms with Crippen LogP contribution in [0.4, 0.5) is 0 Å². The van der Waals surface area contributed by atoms with E-state index in [2.05, 4.69) is 15.5 Å². The maximum atomic E-state index is 11.0. The highest BCUT2D eigenvalue weighted by Gasteiger charge is 2.09. The Morgan fingerprint density at radius 2 is 2.53 bits per heavy atom. The molecule has 0 fully saturated rings. The third-order valence-corrected chi connectivity index (χ3v) is 1.59. The molecular weight excluding hydrogens is 196 g/mol. The van der Waals surface area contributed by atoms with Gasteiger partial charge in [0.05, 0.1) is 18.5 Å². The maximum Gasteiger partial charge on any atom is 0.259 e. The van der Waals surface area contributed by atoms with Crippen molar-refractivity contribution >= 4 is 12.1 Å². The van der Waals surface area contributed by atoms with Gasteiger partial charge in [-0.1, -0.05) is 6.07 Å². The maximum absolute atomic E-state index is 11.0. The summed E-state index contributed by atoms with van der Waals surface area (Å²) in [7, 11) is 0. The Balaban J connectivity index is 2.44. The number of carbonyl (C=O) groups is 1. The average Bonchev–Trinajstić information content (AvgIpc) is 2.29. The minimum atomic E-state index is -0.953. The highest BCUT2D eigenvalue weighted by Crippen LogP contribution is 1.87. The van der Waals surface area contributed by atoms with Gasteiger partial charge in [-0.15, -0.1) is 0 Å². The lowest BCUT2D eigenvalue weighted by atomic mass is 10.3. The summed E-state index contributed by atoms with van der Waals surface area (Å²) in [4.78, 5) is 15.0. The molecule has 0 spiro atoms. The number of rotatable bonds is 4. The zero-order valence-electron chi connectivity index (χ0n) is 8.00. The average molecular weight is 208 g/mol. The minimum Gasteiger partial charge on any atom is -0.394 e. The van der Waals surface area contributed by atoms with Crippen molar-refractivity contribution in [1.82, 2.24) is 10.4 Å². The van der Waals surface area contributed by atoms with Crippen LogP contribution in [0.25, 0.3) is 0 Å². The molecule has 6 nitrogen and oxygen atoms in total. The van der Waals surface area contributed by atoms with E-state index in [-0.39, 0.29) is 0 Å². The van der Waals surface area contributed by atoms with Crippen LogP contribution < -0.4 is 11.2 Å². The van der Waals surface area contributed by atoms with Crippen molar-refractivity contribution in [3.8, 4) is 0 Å². The Kier molecular flexibility index (Phi) is 4.39. The van der Waals surface area contributed by atoms with Crippen molar-refractivity contribution in [1.29, 1.82) is 0 Å². The van der Waals surface area contributed by atoms with E-state index in [1.165, 1.54) is 6.21 Å². The van der Waals surface area contributed by atoms with Crippen LogP contribution in [0, 0.1) is 0 Å². The van der Waals surface area contributed by atoms with E-state index < -0.39 is 18.6 Å². The minimum absolute atomic E-state index is 0.412. The molecule has 0 aliphatic carbocycles. The first-order chi connectivity index (χ1) is 7.24. The third-order valence-electron chi connectivity index (χ3n) is 1.59. The van der Waals surface area contributed by atoms with E-state index in [1.807, 2.05) is 0 Å². The number of carbonyl (C=O) groups excluding carboxylic acids is 1. The first kappa shape index (κ1) is 11.3. The van der Waals surface area contributed by atoms with Crippen LogP contribution in [0.1, 0.15) is 5.69 Å². The molecule has 4 N–H and O–H groups in total. The molecule has 1 aromatic rings. The highest BCUT2D eigenvalue weighted by atomic mass is 16.3. The molecular formula is C9H12N4O2. The van der Waals surface area contributed by atoms with Gasteiger partial charge in [0.2, 0.25) is 0 Å². The van der Waals surface area contributed by atoms with Crippen LogP contribution in [0.15, 0.2) is 29.5 Å². The SMILES string of the molecule is NC(CO)C(=O)N/N=C/c1ccccn1. The standard InChI is InChI=1S/C9H12N4O2/c10-8(6-14)9(15)13-12-5-7-3-1-2-4-11-7/h1-5,8,14H,6,10H2,(H,13,15)/b12-5+. The fraction of sp³-hybridized carbons (Fsp3) is 0.222. The molecule has 1 heterocycles. The molecule has 0 aliphatic heterocycles. The molecule has 1 atom stereocenters. The summed E-state index contributed by atoms with van der Waals surface area (Å²) in [6, 6.07) is 4.36. The second-order valence-corrected chi connectivity index (χ2v) is 2.78. The number of aromatic nitrogens is 1. The van der Waals surface area contributed by atoms with Crippen molar-refractivity contribution in [3.63, 3.8) is 0 Å². The van der Waals surface area contributed by atoms with Gasteiger partial charge in [-0.3, -0.25) is 9.78 Å². The normalized spacial score (nSPS) is 12.7. The van der Waals surface area contributed by atoms with Gasteiger partial charge < -0.3 is 10.8 Å². The Morgan fingerprint density at radius 3 is 3.13 bits per heavy atom. The van der Waals surface area contributed by atoms with E-state index >= 15 is 0 Å². The second kappa shape index (κ2) is 5.84. The number of amides is 1. The quantitative estimate of drug-likeness (QED) is 0.429. The number of hydrazone groups is 1. The smallest absolute Gasteiger partial charge is 0.259 e. The number of hydrogen-bond acceptors (Lipinski definition) is 5. The summed E-state index contributed by atoms with van der Waals surface area (Å²) >= 11 is 0. The van der Waals surface area contributed by atoms with Gasteiger partial charge in [0.25, 0.3) is 5.91 Å². The first-order valence-electron chi connectivity index (χ1n) is 4.34. The molecule has 1 rings (SSSR count). The molecule has 0 saturated heterocycles. The van der Waals surface area contributed by atoms with E-state index in [0.29, 0.717) is 5.69 Å². The number of aliphatic hydroxyl groups excluding tert-OH is 1. The van der Waals surface area contributed by atoms with Crippen LogP contribution in [-0.2, 0) is 4.79 Å². The highest BCUT2D eigenvalue weighted by molar-refractivity contribution is 5.83. The molecule has 1 amide bonds. The van der Waals surface area contributed by atoms with E-state index in [0.717, 1.165) is 0 Å². The van der Waals surface area contributed by atoms with E-state index in [1.54, 1.807) is 24.4 Å². The lowest BCUT2D eigenvalue weighted by molar-refractivity contribution is -0.123. The summed E-state index contributed by atoms with van der Waals surface area (Å²) in [6.45, 7) is -0.412. The van der Waals surface area contributed by atoms with Crippen LogP contribution in [-0.4, -0.2) is 34.9 Å². The number of nitrogens with one attached hydrogen (secondary N) is 1. The Morgan fingerprint density at radius 1 is 1.73 bits per heavy atom. The topological polar surface area (TPSA) is 101 Å². The summed E-state index contributed by atoms with van der Waals surface area (Å²) in [5, 5.41) is 12.2. The Hall–Kier alpha value is -1.79. The van der Waals surface area contributed by atoms with Crippen LogP contribution in [0.2, 0.25) is 0 Å². The molecule has 1 aromatic heterocycles. The van der Waals surface area contributed by atoms with E-state index in [9.17, 15) is 4.79 Å². The molecule has 0 bridgehead atoms. The number of hydrogen-bond donors (Lipinski definition) is 3. The van der Waals surface area contributed by atoms with Gasteiger partial charge in [0.15, 0.2) is 0 Å². The molecule has 80 valence electrons. The number of nitrogens with two attached hydrogens (primary N) is 1. The van der Waals surface area contributed by atoms with Crippen LogP contribution in [0.3, 0.4) is 0 Å². The fourth-order valence-electron chi connectivity index (χ4n) is 0.780. The molecule has 0 saturated carbocycles. The van der Waals surface area contributed by atoms with Gasteiger partial charge in [0, 0.05) is 6.20 Å². The molecule has 0 aromatic carbocycles. The van der Waals surface area contributed by atoms with Crippen LogP contribution in [0.5, 0.6) is 0 Å². The largest absolute Gasteiger partial charge is 0.394 e. The van der Waals surface area contributed by atoms with Gasteiger partial charge >= 0.3 is 0 Å². The molecule has 6 heteroatoms. The van der Waals surface area contributed by atoms with Crippen molar-refractivity contribution < 1.29 is 9.90 Å². The molecule has 0 aliphatic rings. The van der Waals surface area contributed by atoms with Crippen molar-refractivity contribution in [2.75, 3.05) is 6.61 Å². The monoisotopic (exact) mass is 208 g/mol. The Labute approximate surface area is 86.8 Å². The third kappa shape index (κ3) is 3.84. The van der Waals surface area contributed by atoms with Crippen molar-refractivity contribution in [3.05, 3.63) is 30.1 Å². The second-order valence-electron chi connectivity index (χ2n) is 2.78. The zero-order chi connectivity index (χ0) is 11.1. The van der Waals surface area contributed by atoms with Gasteiger partial charge in [0.1, 0.15) is 6.04 Å². The first-order valence-corrected chi connectivity index (χ1v) is 4.34. The summed E-state index contributed by atoms with van der Waals surface area (Å²) < 4.78 is 0. The van der Waals surface area contributed by atoms with Crippen molar-refractivity contribution in [2.24, 2.45) is 10.8 Å². The lowest BCUT2D eigenvalue weighted by Gasteiger charge is -2.04. The van der Waals surface area contributed by atoms with Gasteiger partial charge in [-0.05, 0) is 12.1 Å². The summed E-state index contributed by atoms with van der Waals surface area (Å²) in [6.07, 6.45) is 3.00. The van der Waals surface area contributed by atoms with Crippen molar-refractivity contribution in [2.45, 2.75) is 6.04 Å². The number of pyridine rings is 1.